The van der Waals surface area contributed by atoms with E-state index in [1.807, 2.05) is 12.4 Å². The minimum atomic E-state index is 0.281. The molecule has 3 nitrogen and oxygen atoms in total. The first kappa shape index (κ1) is 16.6. The van der Waals surface area contributed by atoms with Crippen LogP contribution in [0.15, 0.2) is 22.9 Å². The Morgan fingerprint density at radius 2 is 1.84 bits per heavy atom. The maximum Gasteiger partial charge on any atom is 0.0486 e. The SMILES string of the molecule is CCCCN(CCCC)C(CN)c1cncc(Br)c1. The van der Waals surface area contributed by atoms with Gasteiger partial charge >= 0.3 is 0 Å². The van der Waals surface area contributed by atoms with E-state index in [1.54, 1.807) is 0 Å². The molecule has 0 fully saturated rings. The topological polar surface area (TPSA) is 42.1 Å². The summed E-state index contributed by atoms with van der Waals surface area (Å²) in [5, 5.41) is 0. The van der Waals surface area contributed by atoms with Gasteiger partial charge in [0, 0.05) is 29.5 Å². The molecule has 19 heavy (non-hydrogen) atoms. The summed E-state index contributed by atoms with van der Waals surface area (Å²) in [6.07, 6.45) is 8.64. The van der Waals surface area contributed by atoms with E-state index >= 15 is 0 Å². The molecule has 1 rings (SSSR count). The molecule has 1 aromatic rings. The van der Waals surface area contributed by atoms with Crippen molar-refractivity contribution in [1.29, 1.82) is 0 Å². The maximum atomic E-state index is 6.01. The van der Waals surface area contributed by atoms with Gasteiger partial charge in [0.25, 0.3) is 0 Å². The van der Waals surface area contributed by atoms with Crippen molar-refractivity contribution in [2.75, 3.05) is 19.6 Å². The van der Waals surface area contributed by atoms with Crippen LogP contribution < -0.4 is 5.73 Å². The van der Waals surface area contributed by atoms with Crippen LogP contribution in [0.4, 0.5) is 0 Å². The highest BCUT2D eigenvalue weighted by atomic mass is 79.9. The van der Waals surface area contributed by atoms with Crippen LogP contribution in [0.3, 0.4) is 0 Å². The molecule has 1 unspecified atom stereocenters. The van der Waals surface area contributed by atoms with E-state index in [1.165, 1.54) is 31.2 Å². The molecule has 0 aliphatic heterocycles. The second-order valence-electron chi connectivity index (χ2n) is 4.93. The van der Waals surface area contributed by atoms with Gasteiger partial charge in [0.1, 0.15) is 0 Å². The fourth-order valence-electron chi connectivity index (χ4n) is 2.25. The molecule has 0 aliphatic carbocycles. The molecule has 0 bridgehead atoms. The highest BCUT2D eigenvalue weighted by molar-refractivity contribution is 9.10. The van der Waals surface area contributed by atoms with Gasteiger partial charge in [-0.15, -0.1) is 0 Å². The lowest BCUT2D eigenvalue weighted by atomic mass is 10.1. The molecule has 0 saturated heterocycles. The first-order chi connectivity index (χ1) is 9.22. The van der Waals surface area contributed by atoms with E-state index in [2.05, 4.69) is 45.7 Å². The summed E-state index contributed by atoms with van der Waals surface area (Å²) in [5.74, 6) is 0. The van der Waals surface area contributed by atoms with Crippen molar-refractivity contribution in [1.82, 2.24) is 9.88 Å². The van der Waals surface area contributed by atoms with Crippen molar-refractivity contribution in [2.45, 2.75) is 45.6 Å². The molecule has 1 aromatic heterocycles. The molecule has 108 valence electrons. The van der Waals surface area contributed by atoms with Gasteiger partial charge in [-0.25, -0.2) is 0 Å². The van der Waals surface area contributed by atoms with E-state index in [0.29, 0.717) is 6.54 Å². The Morgan fingerprint density at radius 1 is 1.21 bits per heavy atom. The Labute approximate surface area is 125 Å². The Kier molecular flexibility index (Phi) is 8.26. The molecule has 0 aliphatic rings. The number of rotatable bonds is 9. The van der Waals surface area contributed by atoms with E-state index in [-0.39, 0.29) is 6.04 Å². The predicted octanol–water partition coefficient (Wildman–Crippen LogP) is 3.75. The van der Waals surface area contributed by atoms with E-state index in [9.17, 15) is 0 Å². The zero-order valence-corrected chi connectivity index (χ0v) is 13.7. The normalized spacial score (nSPS) is 12.9. The number of halogens is 1. The van der Waals surface area contributed by atoms with Crippen LogP contribution in [-0.4, -0.2) is 29.5 Å². The lowest BCUT2D eigenvalue weighted by Gasteiger charge is -2.31. The molecule has 0 aromatic carbocycles. The second-order valence-corrected chi connectivity index (χ2v) is 5.85. The van der Waals surface area contributed by atoms with Crippen LogP contribution in [0.5, 0.6) is 0 Å². The summed E-state index contributed by atoms with van der Waals surface area (Å²) in [4.78, 5) is 6.78. The first-order valence-corrected chi connectivity index (χ1v) is 8.06. The van der Waals surface area contributed by atoms with Crippen LogP contribution in [-0.2, 0) is 0 Å². The molecule has 2 N–H and O–H groups in total. The average Bonchev–Trinajstić information content (AvgIpc) is 2.42. The Hall–Kier alpha value is -0.450. The monoisotopic (exact) mass is 327 g/mol. The predicted molar refractivity (Wildman–Crippen MR) is 85.1 cm³/mol. The zero-order valence-electron chi connectivity index (χ0n) is 12.1. The van der Waals surface area contributed by atoms with Gasteiger partial charge < -0.3 is 5.73 Å². The van der Waals surface area contributed by atoms with Crippen molar-refractivity contribution in [2.24, 2.45) is 5.73 Å². The number of nitrogens with zero attached hydrogens (tertiary/aromatic N) is 2. The molecule has 0 radical (unpaired) electrons. The van der Waals surface area contributed by atoms with E-state index in [0.717, 1.165) is 17.6 Å². The summed E-state index contributed by atoms with van der Waals surface area (Å²) in [7, 11) is 0. The molecular weight excluding hydrogens is 302 g/mol. The quantitative estimate of drug-likeness (QED) is 0.751. The lowest BCUT2D eigenvalue weighted by Crippen LogP contribution is -2.35. The lowest BCUT2D eigenvalue weighted by molar-refractivity contribution is 0.195. The average molecular weight is 328 g/mol. The third-order valence-electron chi connectivity index (χ3n) is 3.37. The second kappa shape index (κ2) is 9.45. The van der Waals surface area contributed by atoms with Crippen LogP contribution in [0.2, 0.25) is 0 Å². The smallest absolute Gasteiger partial charge is 0.0486 e. The fraction of sp³-hybridized carbons (Fsp3) is 0.667. The highest BCUT2D eigenvalue weighted by Gasteiger charge is 2.18. The summed E-state index contributed by atoms with van der Waals surface area (Å²) in [5.41, 5.74) is 7.23. The molecule has 1 atom stereocenters. The van der Waals surface area contributed by atoms with E-state index < -0.39 is 0 Å². The number of hydrogen-bond acceptors (Lipinski definition) is 3. The van der Waals surface area contributed by atoms with Crippen LogP contribution >= 0.6 is 15.9 Å². The summed E-state index contributed by atoms with van der Waals surface area (Å²) in [6.45, 7) is 7.34. The van der Waals surface area contributed by atoms with Crippen molar-refractivity contribution in [3.63, 3.8) is 0 Å². The van der Waals surface area contributed by atoms with Crippen LogP contribution in [0.25, 0.3) is 0 Å². The van der Waals surface area contributed by atoms with E-state index in [4.69, 9.17) is 5.73 Å². The van der Waals surface area contributed by atoms with Gasteiger partial charge in [0.15, 0.2) is 0 Å². The largest absolute Gasteiger partial charge is 0.329 e. The first-order valence-electron chi connectivity index (χ1n) is 7.27. The molecule has 1 heterocycles. The summed E-state index contributed by atoms with van der Waals surface area (Å²) < 4.78 is 1.02. The number of nitrogens with two attached hydrogens (primary N) is 1. The van der Waals surface area contributed by atoms with Crippen LogP contribution in [0.1, 0.15) is 51.1 Å². The standard InChI is InChI=1S/C15H26BrN3/c1-3-5-7-19(8-6-4-2)15(10-17)13-9-14(16)12-18-11-13/h9,11-12,15H,3-8,10,17H2,1-2H3. The minimum Gasteiger partial charge on any atom is -0.329 e. The molecule has 0 saturated carbocycles. The van der Waals surface area contributed by atoms with Crippen molar-refractivity contribution >= 4 is 15.9 Å². The van der Waals surface area contributed by atoms with Gasteiger partial charge in [-0.2, -0.15) is 0 Å². The van der Waals surface area contributed by atoms with Gasteiger partial charge in [0.2, 0.25) is 0 Å². The molecule has 4 heteroatoms. The summed E-state index contributed by atoms with van der Waals surface area (Å²) in [6, 6.07) is 2.41. The molecule has 0 spiro atoms. The maximum absolute atomic E-state index is 6.01. The van der Waals surface area contributed by atoms with Crippen molar-refractivity contribution in [3.05, 3.63) is 28.5 Å². The zero-order chi connectivity index (χ0) is 14.1. The minimum absolute atomic E-state index is 0.281. The molecule has 0 amide bonds. The van der Waals surface area contributed by atoms with Gasteiger partial charge in [-0.05, 0) is 53.5 Å². The van der Waals surface area contributed by atoms with Crippen LogP contribution in [0, 0.1) is 0 Å². The Bertz CT molecular complexity index is 349. The van der Waals surface area contributed by atoms with Gasteiger partial charge in [-0.1, -0.05) is 26.7 Å². The Balaban J connectivity index is 2.81. The molecular formula is C15H26BrN3. The number of unbranched alkanes of at least 4 members (excludes halogenated alkanes) is 2. The fourth-order valence-corrected chi connectivity index (χ4v) is 2.63. The van der Waals surface area contributed by atoms with Gasteiger partial charge in [-0.3, -0.25) is 9.88 Å². The number of hydrogen-bond donors (Lipinski definition) is 1. The van der Waals surface area contributed by atoms with Crippen molar-refractivity contribution in [3.8, 4) is 0 Å². The third kappa shape index (κ3) is 5.59. The third-order valence-corrected chi connectivity index (χ3v) is 3.81. The van der Waals surface area contributed by atoms with Crippen molar-refractivity contribution < 1.29 is 0 Å². The number of aromatic nitrogens is 1. The summed E-state index contributed by atoms with van der Waals surface area (Å²) >= 11 is 3.49. The Morgan fingerprint density at radius 3 is 2.32 bits per heavy atom. The number of pyridine rings is 1. The van der Waals surface area contributed by atoms with Gasteiger partial charge in [0.05, 0.1) is 0 Å². The highest BCUT2D eigenvalue weighted by Crippen LogP contribution is 2.22.